The van der Waals surface area contributed by atoms with E-state index in [1.807, 2.05) is 32.0 Å². The number of nitrogens with one attached hydrogen (secondary N) is 1. The van der Waals surface area contributed by atoms with Crippen LogP contribution in [0.4, 0.5) is 15.8 Å². The van der Waals surface area contributed by atoms with Crippen LogP contribution in [0.1, 0.15) is 66.6 Å². The highest BCUT2D eigenvalue weighted by Gasteiger charge is 2.38. The molecule has 3 aromatic rings. The predicted octanol–water partition coefficient (Wildman–Crippen LogP) is 6.57. The lowest BCUT2D eigenvalue weighted by molar-refractivity contribution is -0.124. The first-order valence-electron chi connectivity index (χ1n) is 12.1. The number of carbonyl (C=O) groups excluding carboxylic acids is 3. The minimum atomic E-state index is -1.24. The van der Waals surface area contributed by atoms with Crippen molar-refractivity contribution in [1.82, 2.24) is 4.98 Å². The quantitative estimate of drug-likeness (QED) is 0.341. The molecule has 0 bridgehead atoms. The Balaban J connectivity index is 1.61. The van der Waals surface area contributed by atoms with Gasteiger partial charge in [-0.15, -0.1) is 22.7 Å². The summed E-state index contributed by atoms with van der Waals surface area (Å²) >= 11 is 2.60. The smallest absolute Gasteiger partial charge is 0.350 e. The third-order valence-electron chi connectivity index (χ3n) is 6.57. The molecule has 10 heteroatoms. The molecule has 1 aliphatic carbocycles. The summed E-state index contributed by atoms with van der Waals surface area (Å²) < 4.78 is 19.4. The van der Waals surface area contributed by atoms with Crippen LogP contribution in [0.5, 0.6) is 0 Å². The number of aromatic nitrogens is 1. The van der Waals surface area contributed by atoms with E-state index in [9.17, 15) is 18.8 Å². The van der Waals surface area contributed by atoms with Crippen LogP contribution in [0.15, 0.2) is 41.2 Å². The molecule has 1 fully saturated rings. The molecule has 1 saturated carbocycles. The zero-order valence-electron chi connectivity index (χ0n) is 21.2. The van der Waals surface area contributed by atoms with Gasteiger partial charge in [0.15, 0.2) is 0 Å². The first-order chi connectivity index (χ1) is 17.6. The Morgan fingerprint density at radius 2 is 1.86 bits per heavy atom. The predicted molar refractivity (Wildman–Crippen MR) is 145 cm³/mol. The molecule has 0 aliphatic heterocycles. The van der Waals surface area contributed by atoms with Crippen LogP contribution in [0, 0.1) is 5.92 Å². The standard InChI is InChI=1S/C27H30FN3O4S2/c1-16(2)31(25(33)18-9-11-27(3,28)12-10-18)21-13-22(37-23(21)26(34)35-4)17-5-7-19(8-6-17)30-24(32)20-14-36-15-29-20/h5-8,13-16,18H,9-12H2,1-4H3,(H,30,32)/t18-,27-. The highest BCUT2D eigenvalue weighted by atomic mass is 32.1. The molecule has 7 nitrogen and oxygen atoms in total. The van der Waals surface area contributed by atoms with Gasteiger partial charge in [0.25, 0.3) is 5.91 Å². The van der Waals surface area contributed by atoms with Gasteiger partial charge in [-0.3, -0.25) is 9.59 Å². The maximum atomic E-state index is 14.4. The van der Waals surface area contributed by atoms with Gasteiger partial charge in [0.1, 0.15) is 16.2 Å². The zero-order chi connectivity index (χ0) is 26.7. The highest BCUT2D eigenvalue weighted by molar-refractivity contribution is 7.18. The fourth-order valence-corrected chi connectivity index (χ4v) is 6.10. The van der Waals surface area contributed by atoms with Crippen LogP contribution in [0.3, 0.4) is 0 Å². The van der Waals surface area contributed by atoms with Crippen molar-refractivity contribution in [3.8, 4) is 10.4 Å². The van der Waals surface area contributed by atoms with Crippen LogP contribution < -0.4 is 10.2 Å². The number of nitrogens with zero attached hydrogens (tertiary/aromatic N) is 2. The number of anilines is 2. The van der Waals surface area contributed by atoms with Gasteiger partial charge in [0, 0.05) is 27.9 Å². The molecule has 1 aromatic carbocycles. The van der Waals surface area contributed by atoms with E-state index in [1.54, 1.807) is 34.8 Å². The van der Waals surface area contributed by atoms with Crippen molar-refractivity contribution in [3.63, 3.8) is 0 Å². The topological polar surface area (TPSA) is 88.6 Å². The summed E-state index contributed by atoms with van der Waals surface area (Å²) in [5, 5.41) is 4.49. The van der Waals surface area contributed by atoms with Gasteiger partial charge in [0.05, 0.1) is 18.3 Å². The zero-order valence-corrected chi connectivity index (χ0v) is 22.9. The monoisotopic (exact) mass is 543 g/mol. The molecule has 2 amide bonds. The summed E-state index contributed by atoms with van der Waals surface area (Å²) in [4.78, 5) is 45.4. The third-order valence-corrected chi connectivity index (χ3v) is 8.31. The number of methoxy groups -OCH3 is 1. The lowest BCUT2D eigenvalue weighted by Gasteiger charge is -2.35. The Bertz CT molecular complexity index is 1260. The largest absolute Gasteiger partial charge is 0.465 e. The first kappa shape index (κ1) is 26.9. The van der Waals surface area contributed by atoms with Crippen LogP contribution in [0.25, 0.3) is 10.4 Å². The van der Waals surface area contributed by atoms with Crippen molar-refractivity contribution in [1.29, 1.82) is 0 Å². The molecule has 0 unspecified atom stereocenters. The fourth-order valence-electron chi connectivity index (χ4n) is 4.49. The highest BCUT2D eigenvalue weighted by Crippen LogP contribution is 2.41. The van der Waals surface area contributed by atoms with Crippen molar-refractivity contribution in [2.24, 2.45) is 5.92 Å². The number of alkyl halides is 1. The van der Waals surface area contributed by atoms with Gasteiger partial charge < -0.3 is 15.0 Å². The molecule has 196 valence electrons. The number of halogens is 1. The second-order valence-electron chi connectivity index (χ2n) is 9.71. The summed E-state index contributed by atoms with van der Waals surface area (Å²) in [6.07, 6.45) is 1.65. The van der Waals surface area contributed by atoms with Gasteiger partial charge >= 0.3 is 5.97 Å². The molecule has 0 spiro atoms. The molecule has 0 atom stereocenters. The molecule has 4 rings (SSSR count). The van der Waals surface area contributed by atoms with Gasteiger partial charge in [-0.05, 0) is 70.2 Å². The van der Waals surface area contributed by atoms with Gasteiger partial charge in [0.2, 0.25) is 5.91 Å². The second-order valence-corrected chi connectivity index (χ2v) is 11.5. The normalized spacial score (nSPS) is 19.5. The summed E-state index contributed by atoms with van der Waals surface area (Å²) in [7, 11) is 1.32. The molecule has 1 N–H and O–H groups in total. The Labute approximate surface area is 223 Å². The molecule has 2 aromatic heterocycles. The molecular formula is C27H30FN3O4S2. The SMILES string of the molecule is COC(=O)c1sc(-c2ccc(NC(=O)c3cscn3)cc2)cc1N(C(=O)[C@H]1CC[C@](C)(F)CC1)C(C)C. The number of benzene rings is 1. The van der Waals surface area contributed by atoms with Crippen LogP contribution >= 0.6 is 22.7 Å². The van der Waals surface area contributed by atoms with E-state index in [0.717, 1.165) is 10.4 Å². The van der Waals surface area contributed by atoms with Crippen LogP contribution in [0.2, 0.25) is 0 Å². The summed E-state index contributed by atoms with van der Waals surface area (Å²) in [5.41, 5.74) is 2.66. The second kappa shape index (κ2) is 11.1. The van der Waals surface area contributed by atoms with E-state index in [4.69, 9.17) is 4.74 Å². The first-order valence-corrected chi connectivity index (χ1v) is 13.9. The van der Waals surface area contributed by atoms with E-state index in [2.05, 4.69) is 10.3 Å². The Hall–Kier alpha value is -3.11. The maximum absolute atomic E-state index is 14.4. The Morgan fingerprint density at radius 3 is 2.43 bits per heavy atom. The minimum absolute atomic E-state index is 0.0971. The number of rotatable bonds is 7. The van der Waals surface area contributed by atoms with Crippen molar-refractivity contribution >= 4 is 51.8 Å². The van der Waals surface area contributed by atoms with Crippen LogP contribution in [-0.4, -0.2) is 41.6 Å². The van der Waals surface area contributed by atoms with E-state index < -0.39 is 11.6 Å². The molecule has 1 aliphatic rings. The number of thiophene rings is 1. The molecule has 37 heavy (non-hydrogen) atoms. The number of ether oxygens (including phenoxy) is 1. The summed E-state index contributed by atoms with van der Waals surface area (Å²) in [6.45, 7) is 5.39. The van der Waals surface area contributed by atoms with Crippen molar-refractivity contribution in [2.45, 2.75) is 58.2 Å². The Morgan fingerprint density at radius 1 is 1.19 bits per heavy atom. The summed E-state index contributed by atoms with van der Waals surface area (Å²) in [5.74, 6) is -1.19. The van der Waals surface area contributed by atoms with Crippen molar-refractivity contribution < 1.29 is 23.5 Å². The average molecular weight is 544 g/mol. The van der Waals surface area contributed by atoms with E-state index >= 15 is 0 Å². The van der Waals surface area contributed by atoms with E-state index in [0.29, 0.717) is 47.6 Å². The lowest BCUT2D eigenvalue weighted by Crippen LogP contribution is -2.43. The van der Waals surface area contributed by atoms with Gasteiger partial charge in [-0.25, -0.2) is 14.2 Å². The fraction of sp³-hybridized carbons (Fsp3) is 0.407. The number of esters is 1. The Kier molecular flexibility index (Phi) is 8.08. The molecule has 0 radical (unpaired) electrons. The average Bonchev–Trinajstić information content (AvgIpc) is 3.55. The number of amides is 2. The van der Waals surface area contributed by atoms with Gasteiger partial charge in [-0.2, -0.15) is 0 Å². The van der Waals surface area contributed by atoms with E-state index in [1.165, 1.54) is 29.8 Å². The van der Waals surface area contributed by atoms with Crippen LogP contribution in [-0.2, 0) is 9.53 Å². The number of thiazole rings is 1. The molecule has 0 saturated heterocycles. The number of carbonyl (C=O) groups is 3. The minimum Gasteiger partial charge on any atom is -0.465 e. The van der Waals surface area contributed by atoms with E-state index in [-0.39, 0.29) is 23.8 Å². The number of hydrogen-bond donors (Lipinski definition) is 1. The summed E-state index contributed by atoms with van der Waals surface area (Å²) in [6, 6.07) is 8.87. The van der Waals surface area contributed by atoms with Gasteiger partial charge in [-0.1, -0.05) is 12.1 Å². The van der Waals surface area contributed by atoms with Crippen molar-refractivity contribution in [3.05, 3.63) is 51.8 Å². The third kappa shape index (κ3) is 6.07. The number of hydrogen-bond acceptors (Lipinski definition) is 7. The van der Waals surface area contributed by atoms with Crippen molar-refractivity contribution in [2.75, 3.05) is 17.3 Å². The maximum Gasteiger partial charge on any atom is 0.350 e. The molecule has 2 heterocycles. The lowest BCUT2D eigenvalue weighted by atomic mass is 9.80. The molecular weight excluding hydrogens is 513 g/mol.